The molecule has 1 N–H and O–H groups in total. The van der Waals surface area contributed by atoms with Gasteiger partial charge in [-0.3, -0.25) is 9.69 Å². The molecule has 0 aromatic heterocycles. The lowest BCUT2D eigenvalue weighted by Crippen LogP contribution is -2.36. The van der Waals surface area contributed by atoms with Gasteiger partial charge in [-0.25, -0.2) is 0 Å². The van der Waals surface area contributed by atoms with Crippen LogP contribution in [-0.2, 0) is 16.1 Å². The van der Waals surface area contributed by atoms with Crippen LogP contribution in [0.4, 0.5) is 11.4 Å². The van der Waals surface area contributed by atoms with Crippen LogP contribution >= 0.6 is 0 Å². The van der Waals surface area contributed by atoms with Crippen molar-refractivity contribution in [3.63, 3.8) is 0 Å². The fourth-order valence-corrected chi connectivity index (χ4v) is 5.00. The zero-order valence-electron chi connectivity index (χ0n) is 20.9. The van der Waals surface area contributed by atoms with Crippen LogP contribution in [0.2, 0.25) is 0 Å². The number of carbonyl (C=O) groups excluding carboxylic acids is 1. The van der Waals surface area contributed by atoms with Crippen molar-refractivity contribution in [2.75, 3.05) is 43.6 Å². The number of hydrogen-bond donors (Lipinski definition) is 1. The van der Waals surface area contributed by atoms with E-state index < -0.39 is 0 Å². The van der Waals surface area contributed by atoms with E-state index in [-0.39, 0.29) is 5.91 Å². The van der Waals surface area contributed by atoms with E-state index in [1.54, 1.807) is 0 Å². The van der Waals surface area contributed by atoms with Crippen LogP contribution in [0.3, 0.4) is 0 Å². The zero-order chi connectivity index (χ0) is 23.9. The summed E-state index contributed by atoms with van der Waals surface area (Å²) in [7, 11) is 2.19. The van der Waals surface area contributed by atoms with Crippen LogP contribution in [0.5, 0.6) is 0 Å². The molecule has 2 aliphatic rings. The molecule has 2 heterocycles. The molecular formula is C29H39N3O2. The van der Waals surface area contributed by atoms with Gasteiger partial charge in [0, 0.05) is 55.8 Å². The van der Waals surface area contributed by atoms with Gasteiger partial charge < -0.3 is 15.0 Å². The first-order valence-corrected chi connectivity index (χ1v) is 12.7. The topological polar surface area (TPSA) is 44.8 Å². The highest BCUT2D eigenvalue weighted by Crippen LogP contribution is 2.28. The Labute approximate surface area is 204 Å². The summed E-state index contributed by atoms with van der Waals surface area (Å²) in [6, 6.07) is 17.3. The highest BCUT2D eigenvalue weighted by atomic mass is 16.5. The lowest BCUT2D eigenvalue weighted by Gasteiger charge is -2.31. The molecule has 0 saturated carbocycles. The molecule has 4 rings (SSSR count). The van der Waals surface area contributed by atoms with Gasteiger partial charge in [0.15, 0.2) is 0 Å². The summed E-state index contributed by atoms with van der Waals surface area (Å²) in [5.74, 6) is 0.595. The van der Waals surface area contributed by atoms with Crippen molar-refractivity contribution in [3.8, 4) is 0 Å². The first-order valence-electron chi connectivity index (χ1n) is 12.7. The van der Waals surface area contributed by atoms with Gasteiger partial charge in [-0.15, -0.1) is 0 Å². The van der Waals surface area contributed by atoms with Crippen LogP contribution in [0, 0.1) is 5.92 Å². The first kappa shape index (κ1) is 24.5. The van der Waals surface area contributed by atoms with Crippen LogP contribution in [0.1, 0.15) is 50.7 Å². The summed E-state index contributed by atoms with van der Waals surface area (Å²) < 4.78 is 5.48. The third-order valence-electron chi connectivity index (χ3n) is 6.82. The van der Waals surface area contributed by atoms with Crippen molar-refractivity contribution in [1.29, 1.82) is 0 Å². The summed E-state index contributed by atoms with van der Waals surface area (Å²) in [6.07, 6.45) is 6.02. The normalized spacial score (nSPS) is 17.2. The fraction of sp³-hybridized carbons (Fsp3) is 0.483. The number of nitrogens with zero attached hydrogens (tertiary/aromatic N) is 2. The number of ether oxygens (including phenoxy) is 1. The van der Waals surface area contributed by atoms with E-state index in [9.17, 15) is 4.79 Å². The van der Waals surface area contributed by atoms with Crippen LogP contribution < -0.4 is 10.2 Å². The number of para-hydroxylation sites is 1. The molecule has 0 atom stereocenters. The minimum absolute atomic E-state index is 0.000753. The summed E-state index contributed by atoms with van der Waals surface area (Å²) in [4.78, 5) is 18.0. The average Bonchev–Trinajstić information content (AvgIpc) is 2.83. The summed E-state index contributed by atoms with van der Waals surface area (Å²) in [6.45, 7) is 9.13. The van der Waals surface area contributed by atoms with Gasteiger partial charge in [0.2, 0.25) is 0 Å². The highest BCUT2D eigenvalue weighted by Gasteiger charge is 2.20. The molecule has 0 spiro atoms. The Hall–Kier alpha value is -2.63. The van der Waals surface area contributed by atoms with Gasteiger partial charge in [0.1, 0.15) is 0 Å². The summed E-state index contributed by atoms with van der Waals surface area (Å²) >= 11 is 0. The summed E-state index contributed by atoms with van der Waals surface area (Å²) in [5, 5.41) is 3.13. The van der Waals surface area contributed by atoms with E-state index in [4.69, 9.17) is 4.74 Å². The number of amides is 1. The maximum absolute atomic E-state index is 13.2. The molecular weight excluding hydrogens is 422 g/mol. The molecule has 0 unspecified atom stereocenters. The van der Waals surface area contributed by atoms with Gasteiger partial charge >= 0.3 is 0 Å². The molecule has 0 radical (unpaired) electrons. The second kappa shape index (κ2) is 11.7. The average molecular weight is 462 g/mol. The van der Waals surface area contributed by atoms with E-state index in [1.807, 2.05) is 12.1 Å². The Bertz CT molecular complexity index is 977. The predicted molar refractivity (Wildman–Crippen MR) is 141 cm³/mol. The van der Waals surface area contributed by atoms with Crippen LogP contribution in [0.15, 0.2) is 54.1 Å². The Morgan fingerprint density at radius 1 is 1.12 bits per heavy atom. The van der Waals surface area contributed by atoms with Crippen LogP contribution in [-0.4, -0.2) is 50.2 Å². The van der Waals surface area contributed by atoms with Gasteiger partial charge in [0.05, 0.1) is 0 Å². The molecule has 182 valence electrons. The van der Waals surface area contributed by atoms with Crippen molar-refractivity contribution < 1.29 is 9.53 Å². The largest absolute Gasteiger partial charge is 0.381 e. The number of nitrogens with one attached hydrogen (secondary N) is 1. The van der Waals surface area contributed by atoms with Gasteiger partial charge in [-0.2, -0.15) is 0 Å². The standard InChI is InChI=1S/C29H39N3O2/c1-22(2)20-32-16-6-8-25(19-24-7-4-5-9-28(24)32)29(33)30-26-12-10-23(11-13-26)21-31(3)27-14-17-34-18-15-27/h4-5,7,9-13,19,22,27H,6,8,14-18,20-21H2,1-3H3,(H,30,33). The van der Waals surface area contributed by atoms with E-state index in [0.29, 0.717) is 12.0 Å². The van der Waals surface area contributed by atoms with Crippen molar-refractivity contribution in [1.82, 2.24) is 4.90 Å². The molecule has 1 amide bonds. The maximum atomic E-state index is 13.2. The molecule has 5 heteroatoms. The number of benzene rings is 2. The molecule has 2 aromatic rings. The van der Waals surface area contributed by atoms with Gasteiger partial charge in [0.25, 0.3) is 5.91 Å². The second-order valence-corrected chi connectivity index (χ2v) is 10.1. The SMILES string of the molecule is CC(C)CN1CCCC(C(=O)Nc2ccc(CN(C)C3CCOCC3)cc2)=Cc2ccccc21. The second-order valence-electron chi connectivity index (χ2n) is 10.1. The smallest absolute Gasteiger partial charge is 0.251 e. The number of carbonyl (C=O) groups is 1. The zero-order valence-corrected chi connectivity index (χ0v) is 20.9. The predicted octanol–water partition coefficient (Wildman–Crippen LogP) is 5.58. The highest BCUT2D eigenvalue weighted by molar-refractivity contribution is 6.07. The van der Waals surface area contributed by atoms with Gasteiger partial charge in [-0.05, 0) is 74.1 Å². The first-order chi connectivity index (χ1) is 16.5. The minimum Gasteiger partial charge on any atom is -0.381 e. The number of fused-ring (bicyclic) bond motifs is 1. The molecule has 2 aliphatic heterocycles. The fourth-order valence-electron chi connectivity index (χ4n) is 5.00. The van der Waals surface area contributed by atoms with E-state index in [0.717, 1.165) is 75.4 Å². The molecule has 5 nitrogen and oxygen atoms in total. The molecule has 1 fully saturated rings. The Morgan fingerprint density at radius 2 is 1.85 bits per heavy atom. The third kappa shape index (κ3) is 6.49. The minimum atomic E-state index is -0.000753. The lowest BCUT2D eigenvalue weighted by atomic mass is 9.99. The summed E-state index contributed by atoms with van der Waals surface area (Å²) in [5.41, 5.74) is 5.30. The Balaban J connectivity index is 1.41. The van der Waals surface area contributed by atoms with Crippen molar-refractivity contribution in [2.24, 2.45) is 5.92 Å². The number of hydrogen-bond acceptors (Lipinski definition) is 4. The third-order valence-corrected chi connectivity index (χ3v) is 6.82. The van der Waals surface area contributed by atoms with Gasteiger partial charge in [-0.1, -0.05) is 44.2 Å². The van der Waals surface area contributed by atoms with Crippen molar-refractivity contribution in [2.45, 2.75) is 52.1 Å². The quantitative estimate of drug-likeness (QED) is 0.585. The molecule has 0 bridgehead atoms. The van der Waals surface area contributed by atoms with Crippen molar-refractivity contribution in [3.05, 3.63) is 65.2 Å². The lowest BCUT2D eigenvalue weighted by molar-refractivity contribution is -0.112. The number of anilines is 2. The monoisotopic (exact) mass is 461 g/mol. The van der Waals surface area contributed by atoms with Crippen LogP contribution in [0.25, 0.3) is 6.08 Å². The Morgan fingerprint density at radius 3 is 2.59 bits per heavy atom. The number of rotatable bonds is 7. The maximum Gasteiger partial charge on any atom is 0.251 e. The van der Waals surface area contributed by atoms with Crippen molar-refractivity contribution >= 4 is 23.4 Å². The molecule has 34 heavy (non-hydrogen) atoms. The molecule has 2 aromatic carbocycles. The van der Waals surface area contributed by atoms with E-state index >= 15 is 0 Å². The van der Waals surface area contributed by atoms with E-state index in [1.165, 1.54) is 11.3 Å². The Kier molecular flexibility index (Phi) is 8.41. The molecule has 1 saturated heterocycles. The van der Waals surface area contributed by atoms with E-state index in [2.05, 4.69) is 78.5 Å². The molecule has 0 aliphatic carbocycles.